The average molecular weight is 461 g/mol. The van der Waals surface area contributed by atoms with Gasteiger partial charge in [-0.3, -0.25) is 0 Å². The summed E-state index contributed by atoms with van der Waals surface area (Å²) in [5, 5.41) is 0.527. The predicted molar refractivity (Wildman–Crippen MR) is 118 cm³/mol. The highest BCUT2D eigenvalue weighted by molar-refractivity contribution is 7.90. The molecule has 4 rings (SSSR count). The third-order valence-electron chi connectivity index (χ3n) is 5.00. The highest BCUT2D eigenvalue weighted by Gasteiger charge is 2.23. The highest BCUT2D eigenvalue weighted by Crippen LogP contribution is 2.26. The summed E-state index contributed by atoms with van der Waals surface area (Å²) in [7, 11) is -3.33. The van der Waals surface area contributed by atoms with Gasteiger partial charge < -0.3 is 9.64 Å². The molecule has 0 aliphatic carbocycles. The summed E-state index contributed by atoms with van der Waals surface area (Å²) in [6, 6.07) is 3.11. The van der Waals surface area contributed by atoms with Gasteiger partial charge in [-0.2, -0.15) is 9.36 Å². The van der Waals surface area contributed by atoms with Gasteiger partial charge in [-0.15, -0.1) is 0 Å². The van der Waals surface area contributed by atoms with Gasteiger partial charge in [-0.1, -0.05) is 13.3 Å². The topological polar surface area (TPSA) is 111 Å². The molecule has 9 nitrogen and oxygen atoms in total. The third kappa shape index (κ3) is 5.34. The van der Waals surface area contributed by atoms with Gasteiger partial charge >= 0.3 is 0 Å². The Bertz CT molecular complexity index is 1110. The van der Waals surface area contributed by atoms with Crippen LogP contribution in [0.3, 0.4) is 0 Å². The number of rotatable bonds is 7. The maximum Gasteiger partial charge on any atom is 0.293 e. The van der Waals surface area contributed by atoms with Crippen LogP contribution in [-0.2, 0) is 16.3 Å². The fraction of sp³-hybridized carbons (Fsp3) is 0.450. The Hall–Kier alpha value is -2.66. The van der Waals surface area contributed by atoms with Crippen molar-refractivity contribution in [1.29, 1.82) is 0 Å². The number of hydrogen-bond acceptors (Lipinski definition) is 10. The van der Waals surface area contributed by atoms with Gasteiger partial charge in [0.25, 0.3) is 5.19 Å². The lowest BCUT2D eigenvalue weighted by atomic mass is 10.1. The second kappa shape index (κ2) is 9.23. The van der Waals surface area contributed by atoms with E-state index in [9.17, 15) is 8.42 Å². The Morgan fingerprint density at radius 1 is 1.13 bits per heavy atom. The second-order valence-electron chi connectivity index (χ2n) is 7.49. The largest absolute Gasteiger partial charge is 0.466 e. The number of ether oxygens (including phenoxy) is 1. The van der Waals surface area contributed by atoms with Crippen molar-refractivity contribution in [2.45, 2.75) is 43.7 Å². The minimum absolute atomic E-state index is 0.0266. The molecule has 164 valence electrons. The van der Waals surface area contributed by atoms with E-state index in [1.54, 1.807) is 6.07 Å². The monoisotopic (exact) mass is 460 g/mol. The van der Waals surface area contributed by atoms with Crippen LogP contribution in [-0.4, -0.2) is 58.2 Å². The molecule has 1 aliphatic heterocycles. The Labute approximate surface area is 185 Å². The summed E-state index contributed by atoms with van der Waals surface area (Å²) in [6.07, 6.45) is 10.2. The molecule has 4 heterocycles. The maximum atomic E-state index is 11.5. The van der Waals surface area contributed by atoms with Crippen LogP contribution in [0.4, 0.5) is 5.95 Å². The van der Waals surface area contributed by atoms with Gasteiger partial charge in [0.15, 0.2) is 20.7 Å². The molecule has 0 bridgehead atoms. The van der Waals surface area contributed by atoms with Gasteiger partial charge in [0, 0.05) is 67.9 Å². The van der Waals surface area contributed by atoms with Crippen LogP contribution in [0.25, 0.3) is 11.4 Å². The molecule has 0 radical (unpaired) electrons. The van der Waals surface area contributed by atoms with Gasteiger partial charge in [0.05, 0.1) is 0 Å². The first kappa shape index (κ1) is 21.6. The van der Waals surface area contributed by atoms with E-state index in [0.29, 0.717) is 16.6 Å². The van der Waals surface area contributed by atoms with E-state index in [1.165, 1.54) is 23.8 Å². The van der Waals surface area contributed by atoms with E-state index in [-0.39, 0.29) is 11.1 Å². The van der Waals surface area contributed by atoms with Crippen molar-refractivity contribution < 1.29 is 13.2 Å². The van der Waals surface area contributed by atoms with Crippen LogP contribution in [0.2, 0.25) is 0 Å². The van der Waals surface area contributed by atoms with Crippen LogP contribution >= 0.6 is 11.5 Å². The lowest BCUT2D eigenvalue weighted by molar-refractivity contribution is 0.170. The Morgan fingerprint density at radius 2 is 1.87 bits per heavy atom. The van der Waals surface area contributed by atoms with E-state index in [4.69, 9.17) is 4.74 Å². The molecule has 31 heavy (non-hydrogen) atoms. The highest BCUT2D eigenvalue weighted by atomic mass is 32.2. The molecule has 0 unspecified atom stereocenters. The van der Waals surface area contributed by atoms with Crippen molar-refractivity contribution in [2.75, 3.05) is 24.2 Å². The Kier molecular flexibility index (Phi) is 6.42. The van der Waals surface area contributed by atoms with E-state index >= 15 is 0 Å². The molecule has 0 N–H and O–H groups in total. The number of anilines is 1. The second-order valence-corrected chi connectivity index (χ2v) is 10.2. The first-order valence-corrected chi connectivity index (χ1v) is 12.8. The molecule has 0 saturated carbocycles. The van der Waals surface area contributed by atoms with Crippen LogP contribution in [0.5, 0.6) is 5.19 Å². The minimum Gasteiger partial charge on any atom is -0.466 e. The molecule has 1 saturated heterocycles. The molecule has 0 aromatic carbocycles. The molecule has 1 aliphatic rings. The molecule has 3 aromatic heterocycles. The van der Waals surface area contributed by atoms with Crippen molar-refractivity contribution in [2.24, 2.45) is 0 Å². The van der Waals surface area contributed by atoms with Crippen LogP contribution in [0, 0.1) is 0 Å². The SMILES string of the molecule is CCCc1cnc(N2CCC(Oc3nc(-c4ccc(S(C)(=O)=O)nc4)ns3)CC2)nc1. The molecular formula is C20H24N6O3S2. The van der Waals surface area contributed by atoms with Crippen molar-refractivity contribution in [1.82, 2.24) is 24.3 Å². The number of sulfone groups is 1. The van der Waals surface area contributed by atoms with E-state index in [2.05, 4.69) is 36.1 Å². The zero-order chi connectivity index (χ0) is 21.8. The summed E-state index contributed by atoms with van der Waals surface area (Å²) in [5.41, 5.74) is 1.81. The van der Waals surface area contributed by atoms with Crippen molar-refractivity contribution in [3.8, 4) is 16.6 Å². The molecule has 0 atom stereocenters. The molecule has 11 heteroatoms. The Morgan fingerprint density at radius 3 is 2.48 bits per heavy atom. The van der Waals surface area contributed by atoms with Gasteiger partial charge in [0.2, 0.25) is 5.95 Å². The molecule has 0 spiro atoms. The molecular weight excluding hydrogens is 436 g/mol. The Balaban J connectivity index is 1.32. The molecule has 3 aromatic rings. The first-order valence-electron chi connectivity index (χ1n) is 10.1. The smallest absolute Gasteiger partial charge is 0.293 e. The van der Waals surface area contributed by atoms with Crippen LogP contribution in [0.1, 0.15) is 31.7 Å². The number of aromatic nitrogens is 5. The normalized spacial score (nSPS) is 15.2. The summed E-state index contributed by atoms with van der Waals surface area (Å²) in [5.74, 6) is 1.24. The van der Waals surface area contributed by atoms with Crippen molar-refractivity contribution >= 4 is 27.3 Å². The first-order chi connectivity index (χ1) is 14.9. The zero-order valence-electron chi connectivity index (χ0n) is 17.4. The standard InChI is InChI=1S/C20H24N6O3S2/c1-3-4-14-11-22-19(23-12-14)26-9-7-16(8-10-26)29-20-24-18(25-30-20)15-5-6-17(21-13-15)31(2,27)28/h5-6,11-13,16H,3-4,7-10H2,1-2H3. The van der Waals surface area contributed by atoms with Crippen molar-refractivity contribution in [3.05, 3.63) is 36.3 Å². The van der Waals surface area contributed by atoms with Gasteiger partial charge in [0.1, 0.15) is 6.10 Å². The summed E-state index contributed by atoms with van der Waals surface area (Å²) in [6.45, 7) is 3.78. The fourth-order valence-corrected chi connectivity index (χ4v) is 4.53. The average Bonchev–Trinajstić information content (AvgIpc) is 3.23. The number of piperidine rings is 1. The molecule has 1 fully saturated rings. The lowest BCUT2D eigenvalue weighted by Crippen LogP contribution is -2.39. The van der Waals surface area contributed by atoms with Gasteiger partial charge in [-0.25, -0.2) is 23.4 Å². The minimum atomic E-state index is -3.33. The number of aryl methyl sites for hydroxylation is 1. The third-order valence-corrected chi connectivity index (χ3v) is 6.61. The van der Waals surface area contributed by atoms with E-state index in [1.807, 2.05) is 12.4 Å². The number of pyridine rings is 1. The van der Waals surface area contributed by atoms with Crippen LogP contribution in [0.15, 0.2) is 35.7 Å². The predicted octanol–water partition coefficient (Wildman–Crippen LogP) is 2.79. The zero-order valence-corrected chi connectivity index (χ0v) is 19.1. The summed E-state index contributed by atoms with van der Waals surface area (Å²) >= 11 is 1.18. The van der Waals surface area contributed by atoms with Crippen LogP contribution < -0.4 is 9.64 Å². The van der Waals surface area contributed by atoms with Gasteiger partial charge in [-0.05, 0) is 24.1 Å². The molecule has 0 amide bonds. The maximum absolute atomic E-state index is 11.5. The van der Waals surface area contributed by atoms with E-state index in [0.717, 1.165) is 56.5 Å². The lowest BCUT2D eigenvalue weighted by Gasteiger charge is -2.31. The quantitative estimate of drug-likeness (QED) is 0.525. The number of hydrogen-bond donors (Lipinski definition) is 0. The number of nitrogens with zero attached hydrogens (tertiary/aromatic N) is 6. The summed E-state index contributed by atoms with van der Waals surface area (Å²) < 4.78 is 33.4. The fourth-order valence-electron chi connectivity index (χ4n) is 3.35. The van der Waals surface area contributed by atoms with E-state index < -0.39 is 9.84 Å². The van der Waals surface area contributed by atoms with Crippen molar-refractivity contribution in [3.63, 3.8) is 0 Å². The summed E-state index contributed by atoms with van der Waals surface area (Å²) in [4.78, 5) is 19.6.